The minimum atomic E-state index is -4.08. The van der Waals surface area contributed by atoms with Gasteiger partial charge in [0.05, 0.1) is 4.90 Å². The van der Waals surface area contributed by atoms with Crippen molar-refractivity contribution in [2.45, 2.75) is 17.9 Å². The molecule has 1 rings (SSSR count). The van der Waals surface area contributed by atoms with E-state index in [0.717, 1.165) is 0 Å². The standard InChI is InChI=1S/C6H5ClO3S.C3H7NO2/c7-5-1-3-6(4-2-5)11(8,9)10;1-2(4)3(5)6/h1-4H,(H,8,9,10);2H,4H2,1H3,(H,5,6). The van der Waals surface area contributed by atoms with E-state index in [1.54, 1.807) is 0 Å². The van der Waals surface area contributed by atoms with Crippen LogP contribution in [0.15, 0.2) is 29.2 Å². The lowest BCUT2D eigenvalue weighted by Crippen LogP contribution is -2.25. The summed E-state index contributed by atoms with van der Waals surface area (Å²) in [6, 6.07) is 4.52. The van der Waals surface area contributed by atoms with Gasteiger partial charge >= 0.3 is 5.97 Å². The van der Waals surface area contributed by atoms with Crippen LogP contribution in [-0.4, -0.2) is 30.1 Å². The Bertz CT molecular complexity index is 469. The number of hydrogen-bond donors (Lipinski definition) is 3. The fourth-order valence-electron chi connectivity index (χ4n) is 0.607. The highest BCUT2D eigenvalue weighted by Crippen LogP contribution is 2.12. The number of nitrogens with two attached hydrogens (primary N) is 1. The van der Waals surface area contributed by atoms with Gasteiger partial charge < -0.3 is 10.8 Å². The summed E-state index contributed by atoms with van der Waals surface area (Å²) in [5.74, 6) is -0.963. The largest absolute Gasteiger partial charge is 0.480 e. The zero-order valence-electron chi connectivity index (χ0n) is 8.87. The maximum absolute atomic E-state index is 10.5. The van der Waals surface area contributed by atoms with E-state index in [-0.39, 0.29) is 4.90 Å². The van der Waals surface area contributed by atoms with Crippen LogP contribution in [0, 0.1) is 0 Å². The van der Waals surface area contributed by atoms with Crippen molar-refractivity contribution in [3.8, 4) is 0 Å². The van der Waals surface area contributed by atoms with Crippen LogP contribution < -0.4 is 5.73 Å². The van der Waals surface area contributed by atoms with Crippen LogP contribution in [-0.2, 0) is 14.9 Å². The summed E-state index contributed by atoms with van der Waals surface area (Å²) in [5.41, 5.74) is 4.84. The first-order valence-corrected chi connectivity index (χ1v) is 6.18. The quantitative estimate of drug-likeness (QED) is 0.696. The van der Waals surface area contributed by atoms with Crippen molar-refractivity contribution in [1.82, 2.24) is 0 Å². The van der Waals surface area contributed by atoms with Crippen LogP contribution in [0.3, 0.4) is 0 Å². The van der Waals surface area contributed by atoms with Crippen molar-refractivity contribution in [2.75, 3.05) is 0 Å². The lowest BCUT2D eigenvalue weighted by molar-refractivity contribution is -0.138. The molecule has 0 aromatic heterocycles. The van der Waals surface area contributed by atoms with E-state index in [1.165, 1.54) is 31.2 Å². The molecule has 0 bridgehead atoms. The van der Waals surface area contributed by atoms with Gasteiger partial charge in [0.2, 0.25) is 0 Å². The van der Waals surface area contributed by atoms with Crippen molar-refractivity contribution < 1.29 is 22.9 Å². The zero-order chi connectivity index (χ0) is 13.6. The number of carboxylic acid groups (broad SMARTS) is 1. The molecule has 0 spiro atoms. The van der Waals surface area contributed by atoms with Gasteiger partial charge in [-0.1, -0.05) is 11.6 Å². The normalized spacial score (nSPS) is 12.2. The molecule has 0 radical (unpaired) electrons. The van der Waals surface area contributed by atoms with Gasteiger partial charge in [0.15, 0.2) is 0 Å². The van der Waals surface area contributed by atoms with Gasteiger partial charge in [-0.05, 0) is 31.2 Å². The van der Waals surface area contributed by atoms with Gasteiger partial charge in [0.1, 0.15) is 6.04 Å². The van der Waals surface area contributed by atoms with Crippen molar-refractivity contribution >= 4 is 27.7 Å². The molecule has 0 aliphatic rings. The van der Waals surface area contributed by atoms with Crippen LogP contribution in [0.4, 0.5) is 0 Å². The van der Waals surface area contributed by atoms with Crippen molar-refractivity contribution in [2.24, 2.45) is 5.73 Å². The minimum absolute atomic E-state index is 0.151. The van der Waals surface area contributed by atoms with Gasteiger partial charge in [-0.25, -0.2) is 0 Å². The maximum Gasteiger partial charge on any atom is 0.320 e. The summed E-state index contributed by atoms with van der Waals surface area (Å²) in [5, 5.41) is 8.29. The number of halogens is 1. The molecule has 8 heteroatoms. The van der Waals surface area contributed by atoms with Crippen molar-refractivity contribution in [1.29, 1.82) is 0 Å². The second kappa shape index (κ2) is 6.55. The van der Waals surface area contributed by atoms with E-state index in [9.17, 15) is 13.2 Å². The number of aliphatic carboxylic acids is 1. The molecule has 0 fully saturated rings. The number of carbonyl (C=O) groups is 1. The number of benzene rings is 1. The van der Waals surface area contributed by atoms with Crippen LogP contribution in [0.25, 0.3) is 0 Å². The molecule has 1 atom stereocenters. The third-order valence-corrected chi connectivity index (χ3v) is 2.62. The Balaban J connectivity index is 0.000000366. The van der Waals surface area contributed by atoms with Crippen LogP contribution in [0.1, 0.15) is 6.92 Å². The summed E-state index contributed by atoms with van der Waals surface area (Å²) < 4.78 is 29.4. The summed E-state index contributed by atoms with van der Waals surface area (Å²) in [6.07, 6.45) is 0. The first-order valence-electron chi connectivity index (χ1n) is 4.36. The molecule has 0 aliphatic heterocycles. The molecule has 96 valence electrons. The Morgan fingerprint density at radius 2 is 1.71 bits per heavy atom. The number of hydrogen-bond acceptors (Lipinski definition) is 4. The smallest absolute Gasteiger partial charge is 0.320 e. The minimum Gasteiger partial charge on any atom is -0.480 e. The SMILES string of the molecule is CC(N)C(=O)O.O=S(=O)(O)c1ccc(Cl)cc1. The predicted molar refractivity (Wildman–Crippen MR) is 62.6 cm³/mol. The highest BCUT2D eigenvalue weighted by Gasteiger charge is 2.07. The zero-order valence-corrected chi connectivity index (χ0v) is 10.4. The van der Waals surface area contributed by atoms with E-state index in [4.69, 9.17) is 27.0 Å². The third kappa shape index (κ3) is 6.90. The highest BCUT2D eigenvalue weighted by molar-refractivity contribution is 7.85. The van der Waals surface area contributed by atoms with Crippen molar-refractivity contribution in [3.05, 3.63) is 29.3 Å². The Kier molecular flexibility index (Phi) is 6.11. The Morgan fingerprint density at radius 3 is 1.94 bits per heavy atom. The van der Waals surface area contributed by atoms with E-state index in [1.807, 2.05) is 0 Å². The van der Waals surface area contributed by atoms with Crippen LogP contribution in [0.5, 0.6) is 0 Å². The molecule has 0 amide bonds. The van der Waals surface area contributed by atoms with Crippen LogP contribution in [0.2, 0.25) is 5.02 Å². The lowest BCUT2D eigenvalue weighted by atomic mass is 10.4. The van der Waals surface area contributed by atoms with E-state index >= 15 is 0 Å². The average Bonchev–Trinajstić information content (AvgIpc) is 2.17. The van der Waals surface area contributed by atoms with Crippen molar-refractivity contribution in [3.63, 3.8) is 0 Å². The monoisotopic (exact) mass is 281 g/mol. The molecular formula is C9H12ClNO5S. The predicted octanol–water partition coefficient (Wildman–Crippen LogP) is 1.00. The number of rotatable bonds is 2. The molecule has 1 unspecified atom stereocenters. The fraction of sp³-hybridized carbons (Fsp3) is 0.222. The molecule has 4 N–H and O–H groups in total. The molecule has 1 aromatic rings. The van der Waals surface area contributed by atoms with E-state index in [0.29, 0.717) is 5.02 Å². The molecule has 0 heterocycles. The Hall–Kier alpha value is -1.15. The van der Waals surface area contributed by atoms with Crippen LogP contribution >= 0.6 is 11.6 Å². The van der Waals surface area contributed by atoms with Gasteiger partial charge in [0.25, 0.3) is 10.1 Å². The fourth-order valence-corrected chi connectivity index (χ4v) is 1.21. The van der Waals surface area contributed by atoms with Gasteiger partial charge in [0, 0.05) is 5.02 Å². The molecule has 0 aliphatic carbocycles. The second-order valence-electron chi connectivity index (χ2n) is 3.06. The van der Waals surface area contributed by atoms with E-state index in [2.05, 4.69) is 0 Å². The first kappa shape index (κ1) is 15.9. The first-order chi connectivity index (χ1) is 7.64. The highest BCUT2D eigenvalue weighted by atomic mass is 35.5. The van der Waals surface area contributed by atoms with Gasteiger partial charge in [-0.3, -0.25) is 9.35 Å². The molecule has 6 nitrogen and oxygen atoms in total. The second-order valence-corrected chi connectivity index (χ2v) is 4.91. The maximum atomic E-state index is 10.5. The lowest BCUT2D eigenvalue weighted by Gasteiger charge is -1.94. The number of carboxylic acids is 1. The molecule has 17 heavy (non-hydrogen) atoms. The summed E-state index contributed by atoms with van der Waals surface area (Å²) >= 11 is 5.49. The molecule has 0 saturated carbocycles. The molecule has 1 aromatic carbocycles. The topological polar surface area (TPSA) is 118 Å². The summed E-state index contributed by atoms with van der Waals surface area (Å²) in [6.45, 7) is 1.42. The Morgan fingerprint density at radius 1 is 1.35 bits per heavy atom. The average molecular weight is 282 g/mol. The van der Waals surface area contributed by atoms with Gasteiger partial charge in [-0.15, -0.1) is 0 Å². The third-order valence-electron chi connectivity index (χ3n) is 1.50. The summed E-state index contributed by atoms with van der Waals surface area (Å²) in [7, 11) is -4.08. The molecule has 0 saturated heterocycles. The summed E-state index contributed by atoms with van der Waals surface area (Å²) in [4.78, 5) is 9.42. The molecular weight excluding hydrogens is 270 g/mol. The van der Waals surface area contributed by atoms with Gasteiger partial charge in [-0.2, -0.15) is 8.42 Å². The van der Waals surface area contributed by atoms with E-state index < -0.39 is 22.1 Å². The Labute approximate surface area is 104 Å².